The van der Waals surface area contributed by atoms with E-state index in [9.17, 15) is 0 Å². The number of halogens is 1. The van der Waals surface area contributed by atoms with Crippen molar-refractivity contribution in [2.45, 2.75) is 19.8 Å². The first-order valence-corrected chi connectivity index (χ1v) is 3.57. The molecule has 3 nitrogen and oxygen atoms in total. The van der Waals surface area contributed by atoms with E-state index in [1.165, 1.54) is 0 Å². The van der Waals surface area contributed by atoms with Crippen molar-refractivity contribution < 1.29 is 0 Å². The van der Waals surface area contributed by atoms with Gasteiger partial charge in [-0.3, -0.25) is 0 Å². The second-order valence-electron chi connectivity index (χ2n) is 2.15. The molecule has 0 saturated carbocycles. The number of nitrogens with zero attached hydrogens (tertiary/aromatic N) is 2. The van der Waals surface area contributed by atoms with E-state index >= 15 is 0 Å². The molecule has 0 aromatic carbocycles. The largest absolute Gasteiger partial charge is 0.197 e. The van der Waals surface area contributed by atoms with Gasteiger partial charge in [0, 0.05) is 5.92 Å². The maximum atomic E-state index is 3.93. The quantitative estimate of drug-likeness (QED) is 0.731. The summed E-state index contributed by atoms with van der Waals surface area (Å²) in [5.41, 5.74) is 0.981. The minimum atomic E-state index is 0.429. The predicted molar refractivity (Wildman–Crippen MR) is 38.2 cm³/mol. The van der Waals surface area contributed by atoms with Crippen LogP contribution < -0.4 is 0 Å². The highest BCUT2D eigenvalue weighted by Crippen LogP contribution is 2.18. The van der Waals surface area contributed by atoms with Crippen LogP contribution in [0, 0.1) is 0 Å². The molecule has 0 amide bonds. The SMILES string of the molecule is CC(C)c1n[nH]nc1Br. The summed E-state index contributed by atoms with van der Waals surface area (Å²) in [4.78, 5) is 0. The lowest BCUT2D eigenvalue weighted by Crippen LogP contribution is -1.87. The summed E-state index contributed by atoms with van der Waals surface area (Å²) in [6.45, 7) is 4.14. The van der Waals surface area contributed by atoms with Crippen molar-refractivity contribution in [1.29, 1.82) is 0 Å². The Bertz CT molecular complexity index is 194. The van der Waals surface area contributed by atoms with Gasteiger partial charge in [-0.25, -0.2) is 0 Å². The van der Waals surface area contributed by atoms with Crippen LogP contribution in [-0.4, -0.2) is 15.4 Å². The molecule has 0 unspecified atom stereocenters. The van der Waals surface area contributed by atoms with Crippen LogP contribution >= 0.6 is 15.9 Å². The third-order valence-corrected chi connectivity index (χ3v) is 1.66. The monoisotopic (exact) mass is 189 g/mol. The van der Waals surface area contributed by atoms with Crippen molar-refractivity contribution >= 4 is 15.9 Å². The summed E-state index contributed by atoms with van der Waals surface area (Å²) in [5.74, 6) is 0.429. The molecule has 0 saturated heterocycles. The first-order valence-electron chi connectivity index (χ1n) is 2.78. The summed E-state index contributed by atoms with van der Waals surface area (Å²) in [7, 11) is 0. The van der Waals surface area contributed by atoms with Crippen molar-refractivity contribution in [3.05, 3.63) is 10.3 Å². The highest BCUT2D eigenvalue weighted by Gasteiger charge is 2.06. The number of hydrogen-bond donors (Lipinski definition) is 1. The second-order valence-corrected chi connectivity index (χ2v) is 2.91. The lowest BCUT2D eigenvalue weighted by atomic mass is 10.2. The normalized spacial score (nSPS) is 10.7. The number of H-pyrrole nitrogens is 1. The fourth-order valence-corrected chi connectivity index (χ4v) is 1.22. The lowest BCUT2D eigenvalue weighted by molar-refractivity contribution is 0.802. The lowest BCUT2D eigenvalue weighted by Gasteiger charge is -1.95. The van der Waals surface area contributed by atoms with Crippen LogP contribution in [0.3, 0.4) is 0 Å². The number of nitrogens with one attached hydrogen (secondary N) is 1. The molecule has 1 N–H and O–H groups in total. The fourth-order valence-electron chi connectivity index (χ4n) is 0.593. The average molecular weight is 190 g/mol. The van der Waals surface area contributed by atoms with Crippen LogP contribution in [0.15, 0.2) is 4.60 Å². The van der Waals surface area contributed by atoms with Gasteiger partial charge >= 0.3 is 0 Å². The van der Waals surface area contributed by atoms with Crippen LogP contribution in [0.25, 0.3) is 0 Å². The summed E-state index contributed by atoms with van der Waals surface area (Å²) >= 11 is 3.26. The smallest absolute Gasteiger partial charge is 0.151 e. The van der Waals surface area contributed by atoms with Gasteiger partial charge in [0.2, 0.25) is 0 Å². The molecule has 0 bridgehead atoms. The molecule has 50 valence electrons. The Morgan fingerprint density at radius 3 is 2.33 bits per heavy atom. The third kappa shape index (κ3) is 1.30. The van der Waals surface area contributed by atoms with Gasteiger partial charge in [-0.2, -0.15) is 10.3 Å². The molecule has 0 fully saturated rings. The van der Waals surface area contributed by atoms with Crippen molar-refractivity contribution in [3.8, 4) is 0 Å². The number of aromatic nitrogens is 3. The van der Waals surface area contributed by atoms with Crippen LogP contribution in [0.4, 0.5) is 0 Å². The van der Waals surface area contributed by atoms with E-state index in [-0.39, 0.29) is 0 Å². The molecule has 1 rings (SSSR count). The Hall–Kier alpha value is -0.380. The van der Waals surface area contributed by atoms with Gasteiger partial charge in [-0.1, -0.05) is 13.8 Å². The molecule has 0 radical (unpaired) electrons. The summed E-state index contributed by atoms with van der Waals surface area (Å²) in [5, 5.41) is 10.3. The zero-order chi connectivity index (χ0) is 6.85. The zero-order valence-corrected chi connectivity index (χ0v) is 6.94. The van der Waals surface area contributed by atoms with E-state index in [0.717, 1.165) is 10.3 Å². The van der Waals surface area contributed by atoms with Crippen LogP contribution in [0.1, 0.15) is 25.5 Å². The summed E-state index contributed by atoms with van der Waals surface area (Å²) in [6, 6.07) is 0. The fraction of sp³-hybridized carbons (Fsp3) is 0.600. The van der Waals surface area contributed by atoms with Gasteiger partial charge in [0.05, 0.1) is 5.69 Å². The van der Waals surface area contributed by atoms with E-state index < -0.39 is 0 Å². The summed E-state index contributed by atoms with van der Waals surface area (Å²) < 4.78 is 0.817. The first kappa shape index (κ1) is 6.74. The molecule has 1 aromatic heterocycles. The van der Waals surface area contributed by atoms with E-state index in [4.69, 9.17) is 0 Å². The molecular weight excluding hydrogens is 182 g/mol. The average Bonchev–Trinajstić information content (AvgIpc) is 2.13. The molecule has 4 heteroatoms. The summed E-state index contributed by atoms with van der Waals surface area (Å²) in [6.07, 6.45) is 0. The van der Waals surface area contributed by atoms with E-state index in [1.807, 2.05) is 0 Å². The molecule has 0 spiro atoms. The molecular formula is C5H8BrN3. The standard InChI is InChI=1S/C5H8BrN3/c1-3(2)4-5(6)8-9-7-4/h3H,1-2H3,(H,7,8,9). The molecule has 1 aromatic rings. The highest BCUT2D eigenvalue weighted by atomic mass is 79.9. The Kier molecular flexibility index (Phi) is 1.85. The molecule has 0 aliphatic rings. The van der Waals surface area contributed by atoms with Crippen LogP contribution in [-0.2, 0) is 0 Å². The second kappa shape index (κ2) is 2.47. The first-order chi connectivity index (χ1) is 4.22. The molecule has 9 heavy (non-hydrogen) atoms. The molecule has 0 aliphatic carbocycles. The van der Waals surface area contributed by atoms with Crippen LogP contribution in [0.5, 0.6) is 0 Å². The van der Waals surface area contributed by atoms with Gasteiger partial charge < -0.3 is 0 Å². The van der Waals surface area contributed by atoms with Crippen molar-refractivity contribution in [2.75, 3.05) is 0 Å². The van der Waals surface area contributed by atoms with Crippen molar-refractivity contribution in [3.63, 3.8) is 0 Å². The Morgan fingerprint density at radius 2 is 2.11 bits per heavy atom. The number of hydrogen-bond acceptors (Lipinski definition) is 2. The zero-order valence-electron chi connectivity index (χ0n) is 5.35. The van der Waals surface area contributed by atoms with Gasteiger partial charge in [-0.15, -0.1) is 5.10 Å². The maximum absolute atomic E-state index is 3.93. The topological polar surface area (TPSA) is 41.6 Å². The Balaban J connectivity index is 2.94. The van der Waals surface area contributed by atoms with Gasteiger partial charge in [0.1, 0.15) is 0 Å². The van der Waals surface area contributed by atoms with Gasteiger partial charge in [0.25, 0.3) is 0 Å². The molecule has 0 aliphatic heterocycles. The van der Waals surface area contributed by atoms with E-state index in [2.05, 4.69) is 45.2 Å². The van der Waals surface area contributed by atoms with E-state index in [1.54, 1.807) is 0 Å². The van der Waals surface area contributed by atoms with Crippen molar-refractivity contribution in [2.24, 2.45) is 0 Å². The number of rotatable bonds is 1. The Labute approximate surface area is 62.0 Å². The molecule has 1 heterocycles. The molecule has 0 atom stereocenters. The minimum absolute atomic E-state index is 0.429. The van der Waals surface area contributed by atoms with Crippen LogP contribution in [0.2, 0.25) is 0 Å². The number of aromatic amines is 1. The van der Waals surface area contributed by atoms with Gasteiger partial charge in [-0.05, 0) is 15.9 Å². The maximum Gasteiger partial charge on any atom is 0.151 e. The predicted octanol–water partition coefficient (Wildman–Crippen LogP) is 1.69. The minimum Gasteiger partial charge on any atom is -0.197 e. The highest BCUT2D eigenvalue weighted by molar-refractivity contribution is 9.10. The van der Waals surface area contributed by atoms with Crippen molar-refractivity contribution in [1.82, 2.24) is 15.4 Å². The third-order valence-electron chi connectivity index (χ3n) is 1.08. The Morgan fingerprint density at radius 1 is 1.44 bits per heavy atom. The van der Waals surface area contributed by atoms with Gasteiger partial charge in [0.15, 0.2) is 4.60 Å². The van der Waals surface area contributed by atoms with E-state index in [0.29, 0.717) is 5.92 Å².